The van der Waals surface area contributed by atoms with E-state index < -0.39 is 0 Å². The summed E-state index contributed by atoms with van der Waals surface area (Å²) in [6.07, 6.45) is 9.78. The van der Waals surface area contributed by atoms with E-state index in [9.17, 15) is 0 Å². The van der Waals surface area contributed by atoms with Crippen LogP contribution in [0.2, 0.25) is 0 Å². The van der Waals surface area contributed by atoms with Crippen molar-refractivity contribution >= 4 is 17.6 Å². The van der Waals surface area contributed by atoms with Crippen LogP contribution in [0.25, 0.3) is 0 Å². The minimum absolute atomic E-state index is 0.361. The van der Waals surface area contributed by atoms with E-state index in [4.69, 9.17) is 15.1 Å². The molecule has 4 heterocycles. The molecule has 4 rings (SSSR count). The number of nitrogens with zero attached hydrogens (tertiary/aromatic N) is 5. The molecular weight excluding hydrogens is 364 g/mol. The average Bonchev–Trinajstić information content (AvgIpc) is 3.49. The highest BCUT2D eigenvalue weighted by molar-refractivity contribution is 5.56. The molecule has 0 amide bonds. The Morgan fingerprint density at radius 3 is 1.90 bits per heavy atom. The fourth-order valence-electron chi connectivity index (χ4n) is 4.17. The molecule has 3 saturated heterocycles. The van der Waals surface area contributed by atoms with Crippen LogP contribution in [0.3, 0.4) is 0 Å². The molecule has 1 aromatic heterocycles. The Balaban J connectivity index is 0.000000298. The van der Waals surface area contributed by atoms with Crippen LogP contribution in [-0.2, 0) is 0 Å². The summed E-state index contributed by atoms with van der Waals surface area (Å²) in [6.45, 7) is 11.2. The molecule has 0 aliphatic carbocycles. The minimum Gasteiger partial charge on any atom is -0.396 e. The van der Waals surface area contributed by atoms with Crippen LogP contribution >= 0.6 is 0 Å². The summed E-state index contributed by atoms with van der Waals surface area (Å²) >= 11 is 0. The van der Waals surface area contributed by atoms with Crippen molar-refractivity contribution in [2.45, 2.75) is 58.3 Å². The van der Waals surface area contributed by atoms with Crippen LogP contribution in [0.5, 0.6) is 0 Å². The molecule has 0 radical (unpaired) electrons. The van der Waals surface area contributed by atoms with E-state index in [1.807, 2.05) is 0 Å². The number of nitrogens with one attached hydrogen (secondary N) is 1. The molecule has 164 valence electrons. The van der Waals surface area contributed by atoms with Gasteiger partial charge in [0.2, 0.25) is 5.95 Å². The fourth-order valence-corrected chi connectivity index (χ4v) is 4.17. The fraction of sp³-hybridized carbons (Fsp3) is 0.818. The molecule has 3 aliphatic rings. The summed E-state index contributed by atoms with van der Waals surface area (Å²) < 4.78 is 0. The van der Waals surface area contributed by atoms with E-state index in [1.165, 1.54) is 44.9 Å². The molecule has 3 fully saturated rings. The van der Waals surface area contributed by atoms with Gasteiger partial charge >= 0.3 is 0 Å². The zero-order valence-electron chi connectivity index (χ0n) is 18.3. The van der Waals surface area contributed by atoms with Gasteiger partial charge in [-0.3, -0.25) is 0 Å². The zero-order valence-corrected chi connectivity index (χ0v) is 18.3. The Bertz CT molecular complexity index is 542. The van der Waals surface area contributed by atoms with E-state index in [0.29, 0.717) is 6.61 Å². The van der Waals surface area contributed by atoms with Crippen molar-refractivity contribution in [1.82, 2.24) is 15.3 Å². The Morgan fingerprint density at radius 2 is 1.34 bits per heavy atom. The first-order valence-corrected chi connectivity index (χ1v) is 11.8. The summed E-state index contributed by atoms with van der Waals surface area (Å²) in [5.41, 5.74) is 0. The molecule has 29 heavy (non-hydrogen) atoms. The summed E-state index contributed by atoms with van der Waals surface area (Å²) in [7, 11) is 0. The maximum Gasteiger partial charge on any atom is 0.229 e. The van der Waals surface area contributed by atoms with Gasteiger partial charge in [0.15, 0.2) is 0 Å². The minimum atomic E-state index is 0.361. The van der Waals surface area contributed by atoms with Crippen LogP contribution in [0.1, 0.15) is 58.3 Å². The molecule has 0 unspecified atom stereocenters. The van der Waals surface area contributed by atoms with E-state index in [0.717, 1.165) is 76.4 Å². The van der Waals surface area contributed by atoms with E-state index in [-0.39, 0.29) is 0 Å². The molecule has 0 spiro atoms. The molecule has 7 heteroatoms. The molecule has 3 aliphatic heterocycles. The van der Waals surface area contributed by atoms with Crippen LogP contribution in [0.15, 0.2) is 6.07 Å². The number of piperazine rings is 1. The predicted molar refractivity (Wildman–Crippen MR) is 121 cm³/mol. The van der Waals surface area contributed by atoms with Crippen LogP contribution in [0, 0.1) is 0 Å². The van der Waals surface area contributed by atoms with Crippen molar-refractivity contribution in [3.05, 3.63) is 6.07 Å². The number of anilines is 3. The summed E-state index contributed by atoms with van der Waals surface area (Å²) in [5, 5.41) is 11.7. The number of aliphatic hydroxyl groups excluding tert-OH is 1. The molecule has 0 bridgehead atoms. The molecule has 0 aromatic carbocycles. The van der Waals surface area contributed by atoms with E-state index in [1.54, 1.807) is 0 Å². The summed E-state index contributed by atoms with van der Waals surface area (Å²) in [6, 6.07) is 2.20. The van der Waals surface area contributed by atoms with Crippen LogP contribution in [-0.4, -0.2) is 74.0 Å². The van der Waals surface area contributed by atoms with Gasteiger partial charge in [0, 0.05) is 65.0 Å². The van der Waals surface area contributed by atoms with Crippen molar-refractivity contribution in [2.75, 3.05) is 73.7 Å². The lowest BCUT2D eigenvalue weighted by Gasteiger charge is -2.30. The second kappa shape index (κ2) is 12.2. The van der Waals surface area contributed by atoms with Gasteiger partial charge in [0.1, 0.15) is 11.6 Å². The summed E-state index contributed by atoms with van der Waals surface area (Å²) in [5.74, 6) is 3.18. The standard InChI is InChI=1S/C16H26N6.C6H14O/c1-2-8-20(7-1)14-13-15(21-11-5-17-6-12-21)19-16(18-14)22-9-3-4-10-22;1-2-3-4-5-6-7/h13,17H,1-12H2;7H,2-6H2,1H3. The van der Waals surface area contributed by atoms with Gasteiger partial charge in [-0.15, -0.1) is 0 Å². The maximum absolute atomic E-state index is 8.29. The Morgan fingerprint density at radius 1 is 0.793 bits per heavy atom. The molecule has 0 saturated carbocycles. The first kappa shape index (κ1) is 22.1. The molecular formula is C22H40N6O. The summed E-state index contributed by atoms with van der Waals surface area (Å²) in [4.78, 5) is 17.0. The van der Waals surface area contributed by atoms with E-state index in [2.05, 4.69) is 33.0 Å². The van der Waals surface area contributed by atoms with Crippen molar-refractivity contribution in [2.24, 2.45) is 0 Å². The quantitative estimate of drug-likeness (QED) is 0.677. The first-order chi connectivity index (χ1) is 14.3. The monoisotopic (exact) mass is 404 g/mol. The molecule has 0 atom stereocenters. The SMILES string of the molecule is CCCCCCO.c1c(N2CCCC2)nc(N2CCCC2)nc1N1CCNCC1. The largest absolute Gasteiger partial charge is 0.396 e. The van der Waals surface area contributed by atoms with Gasteiger partial charge in [0.25, 0.3) is 0 Å². The van der Waals surface area contributed by atoms with Gasteiger partial charge in [-0.05, 0) is 32.1 Å². The van der Waals surface area contributed by atoms with Crippen molar-refractivity contribution in [3.8, 4) is 0 Å². The smallest absolute Gasteiger partial charge is 0.229 e. The lowest BCUT2D eigenvalue weighted by Crippen LogP contribution is -2.44. The molecule has 2 N–H and O–H groups in total. The normalized spacial score (nSPS) is 19.4. The van der Waals surface area contributed by atoms with Crippen LogP contribution < -0.4 is 20.0 Å². The highest BCUT2D eigenvalue weighted by atomic mass is 16.2. The highest BCUT2D eigenvalue weighted by Crippen LogP contribution is 2.27. The Labute approximate surface area is 176 Å². The van der Waals surface area contributed by atoms with Crippen molar-refractivity contribution in [3.63, 3.8) is 0 Å². The highest BCUT2D eigenvalue weighted by Gasteiger charge is 2.22. The third-order valence-corrected chi connectivity index (χ3v) is 5.96. The van der Waals surface area contributed by atoms with E-state index >= 15 is 0 Å². The van der Waals surface area contributed by atoms with Crippen LogP contribution in [0.4, 0.5) is 17.6 Å². The average molecular weight is 405 g/mol. The van der Waals surface area contributed by atoms with Gasteiger partial charge in [-0.1, -0.05) is 26.2 Å². The number of unbranched alkanes of at least 4 members (excludes halogenated alkanes) is 3. The number of rotatable bonds is 7. The third-order valence-electron chi connectivity index (χ3n) is 5.96. The molecule has 1 aromatic rings. The van der Waals surface area contributed by atoms with Gasteiger partial charge in [0.05, 0.1) is 0 Å². The van der Waals surface area contributed by atoms with Gasteiger partial charge in [-0.2, -0.15) is 9.97 Å². The third kappa shape index (κ3) is 6.71. The predicted octanol–water partition coefficient (Wildman–Crippen LogP) is 2.65. The lowest BCUT2D eigenvalue weighted by atomic mass is 10.2. The second-order valence-corrected chi connectivity index (χ2v) is 8.29. The van der Waals surface area contributed by atoms with Crippen molar-refractivity contribution in [1.29, 1.82) is 0 Å². The van der Waals surface area contributed by atoms with Gasteiger partial charge in [-0.25, -0.2) is 0 Å². The topological polar surface area (TPSA) is 67.8 Å². The number of hydrogen-bond donors (Lipinski definition) is 2. The number of aliphatic hydroxyl groups is 1. The van der Waals surface area contributed by atoms with Crippen molar-refractivity contribution < 1.29 is 5.11 Å². The second-order valence-electron chi connectivity index (χ2n) is 8.29. The van der Waals surface area contributed by atoms with Gasteiger partial charge < -0.3 is 25.1 Å². The number of aromatic nitrogens is 2. The number of hydrogen-bond acceptors (Lipinski definition) is 7. The molecule has 7 nitrogen and oxygen atoms in total. The Hall–Kier alpha value is -1.60. The lowest BCUT2D eigenvalue weighted by molar-refractivity contribution is 0.283. The Kier molecular flexibility index (Phi) is 9.28. The first-order valence-electron chi connectivity index (χ1n) is 11.8. The maximum atomic E-state index is 8.29. The zero-order chi connectivity index (χ0) is 20.3.